The first-order valence-electron chi connectivity index (χ1n) is 6.57. The molecule has 1 amide bonds. The minimum absolute atomic E-state index is 0.115. The Hall–Kier alpha value is -2.81. The summed E-state index contributed by atoms with van der Waals surface area (Å²) in [4.78, 5) is 10.5. The zero-order valence-electron chi connectivity index (χ0n) is 11.7. The molecular formula is C18H16NO2. The monoisotopic (exact) mass is 278 g/mol. The molecule has 0 heterocycles. The average molecular weight is 278 g/mol. The molecule has 0 aromatic heterocycles. The second-order valence-corrected chi connectivity index (χ2v) is 4.49. The van der Waals surface area contributed by atoms with Crippen LogP contribution in [0.1, 0.15) is 6.92 Å². The number of carbonyl (C=O) groups excluding carboxylic acids is 1. The fourth-order valence-corrected chi connectivity index (χ4v) is 1.81. The molecule has 0 aliphatic carbocycles. The van der Waals surface area contributed by atoms with Gasteiger partial charge in [-0.05, 0) is 41.1 Å². The second-order valence-electron chi connectivity index (χ2n) is 4.49. The number of aromatic hydroxyl groups is 1. The molecule has 0 spiro atoms. The van der Waals surface area contributed by atoms with Crippen molar-refractivity contribution in [2.24, 2.45) is 0 Å². The highest BCUT2D eigenvalue weighted by Crippen LogP contribution is 2.13. The largest absolute Gasteiger partial charge is 0.508 e. The van der Waals surface area contributed by atoms with Gasteiger partial charge in [-0.15, -0.1) is 0 Å². The second kappa shape index (κ2) is 7.10. The van der Waals surface area contributed by atoms with E-state index in [4.69, 9.17) is 5.11 Å². The molecule has 0 fully saturated rings. The summed E-state index contributed by atoms with van der Waals surface area (Å²) < 4.78 is 0. The van der Waals surface area contributed by atoms with Crippen molar-refractivity contribution >= 4 is 22.4 Å². The van der Waals surface area contributed by atoms with Gasteiger partial charge in [0.05, 0.1) is 0 Å². The van der Waals surface area contributed by atoms with Gasteiger partial charge < -0.3 is 10.4 Å². The van der Waals surface area contributed by atoms with Crippen LogP contribution >= 0.6 is 0 Å². The molecule has 0 saturated carbocycles. The Balaban J connectivity index is 0.000000154. The topological polar surface area (TPSA) is 49.3 Å². The minimum atomic E-state index is -0.115. The maximum Gasteiger partial charge on any atom is 0.221 e. The Kier molecular flexibility index (Phi) is 4.94. The zero-order valence-corrected chi connectivity index (χ0v) is 11.7. The summed E-state index contributed by atoms with van der Waals surface area (Å²) in [5.74, 6) is 0.0785. The van der Waals surface area contributed by atoms with Crippen molar-refractivity contribution in [2.45, 2.75) is 6.92 Å². The number of anilines is 1. The van der Waals surface area contributed by atoms with Crippen molar-refractivity contribution in [3.05, 3.63) is 72.8 Å². The van der Waals surface area contributed by atoms with Gasteiger partial charge in [0.25, 0.3) is 0 Å². The number of rotatable bonds is 1. The lowest BCUT2D eigenvalue weighted by Crippen LogP contribution is -2.04. The van der Waals surface area contributed by atoms with Crippen LogP contribution in [0.4, 0.5) is 5.69 Å². The Morgan fingerprint density at radius 1 is 1.00 bits per heavy atom. The van der Waals surface area contributed by atoms with Gasteiger partial charge in [0.1, 0.15) is 5.75 Å². The predicted molar refractivity (Wildman–Crippen MR) is 85.2 cm³/mol. The van der Waals surface area contributed by atoms with E-state index in [1.807, 2.05) is 24.3 Å². The highest BCUT2D eigenvalue weighted by molar-refractivity contribution is 5.88. The molecule has 3 nitrogen and oxygen atoms in total. The Labute approximate surface area is 123 Å². The molecule has 0 atom stereocenters. The van der Waals surface area contributed by atoms with Crippen molar-refractivity contribution in [2.75, 3.05) is 5.32 Å². The minimum Gasteiger partial charge on any atom is -0.508 e. The number of nitrogens with one attached hydrogen (secondary N) is 1. The zero-order chi connectivity index (χ0) is 15.1. The van der Waals surface area contributed by atoms with Gasteiger partial charge in [-0.25, -0.2) is 0 Å². The third-order valence-corrected chi connectivity index (χ3v) is 2.76. The number of phenolic OH excluding ortho intramolecular Hbond substituents is 1. The Morgan fingerprint density at radius 2 is 1.67 bits per heavy atom. The van der Waals surface area contributed by atoms with Crippen LogP contribution < -0.4 is 5.32 Å². The van der Waals surface area contributed by atoms with Gasteiger partial charge in [-0.3, -0.25) is 4.79 Å². The summed E-state index contributed by atoms with van der Waals surface area (Å²) in [6.07, 6.45) is 0. The summed E-state index contributed by atoms with van der Waals surface area (Å²) in [6, 6.07) is 23.7. The SMILES string of the molecule is CC(=O)Nc1ccc(O)cc1.[c]1cccc2ccccc12. The molecule has 21 heavy (non-hydrogen) atoms. The van der Waals surface area contributed by atoms with Crippen molar-refractivity contribution < 1.29 is 9.90 Å². The molecule has 3 rings (SSSR count). The lowest BCUT2D eigenvalue weighted by atomic mass is 10.1. The van der Waals surface area contributed by atoms with Crippen molar-refractivity contribution in [1.82, 2.24) is 0 Å². The molecule has 2 N–H and O–H groups in total. The fourth-order valence-electron chi connectivity index (χ4n) is 1.81. The molecule has 0 aliphatic rings. The van der Waals surface area contributed by atoms with Crippen LogP contribution in [0.25, 0.3) is 10.8 Å². The highest BCUT2D eigenvalue weighted by Gasteiger charge is 1.93. The van der Waals surface area contributed by atoms with E-state index < -0.39 is 0 Å². The lowest BCUT2D eigenvalue weighted by molar-refractivity contribution is -0.114. The van der Waals surface area contributed by atoms with E-state index in [1.54, 1.807) is 12.1 Å². The first-order valence-corrected chi connectivity index (χ1v) is 6.57. The van der Waals surface area contributed by atoms with Gasteiger partial charge >= 0.3 is 0 Å². The molecule has 3 heteroatoms. The number of hydrogen-bond donors (Lipinski definition) is 2. The van der Waals surface area contributed by atoms with E-state index >= 15 is 0 Å². The van der Waals surface area contributed by atoms with Crippen LogP contribution in [-0.2, 0) is 4.79 Å². The summed E-state index contributed by atoms with van der Waals surface area (Å²) >= 11 is 0. The Morgan fingerprint density at radius 3 is 2.33 bits per heavy atom. The van der Waals surface area contributed by atoms with Gasteiger partial charge in [-0.2, -0.15) is 0 Å². The molecule has 0 aliphatic heterocycles. The molecule has 3 aromatic carbocycles. The van der Waals surface area contributed by atoms with Gasteiger partial charge in [-0.1, -0.05) is 42.5 Å². The summed E-state index contributed by atoms with van der Waals surface area (Å²) in [5.41, 5.74) is 0.690. The van der Waals surface area contributed by atoms with E-state index in [9.17, 15) is 4.79 Å². The van der Waals surface area contributed by atoms with E-state index in [0.29, 0.717) is 5.69 Å². The van der Waals surface area contributed by atoms with E-state index in [-0.39, 0.29) is 11.7 Å². The number of amides is 1. The first kappa shape index (κ1) is 14.6. The number of fused-ring (bicyclic) bond motifs is 1. The third kappa shape index (κ3) is 4.66. The Bertz CT molecular complexity index is 655. The van der Waals surface area contributed by atoms with Crippen LogP contribution in [0, 0.1) is 6.07 Å². The van der Waals surface area contributed by atoms with Gasteiger partial charge in [0, 0.05) is 12.6 Å². The summed E-state index contributed by atoms with van der Waals surface area (Å²) in [5, 5.41) is 13.9. The van der Waals surface area contributed by atoms with Crippen molar-refractivity contribution in [1.29, 1.82) is 0 Å². The number of benzene rings is 3. The van der Waals surface area contributed by atoms with Gasteiger partial charge in [0.15, 0.2) is 0 Å². The quantitative estimate of drug-likeness (QED) is 0.661. The predicted octanol–water partition coefficient (Wildman–Crippen LogP) is 3.99. The standard InChI is InChI=1S/C10H7.C8H9NO2/c1-2-6-10-8-4-3-7-9(10)5-1;1-6(10)9-7-2-4-8(11)5-3-7/h1-7H;2-5,11H,1H3,(H,9,10). The first-order chi connectivity index (χ1) is 10.1. The molecule has 105 valence electrons. The maximum absolute atomic E-state index is 10.5. The van der Waals surface area contributed by atoms with E-state index in [2.05, 4.69) is 29.6 Å². The van der Waals surface area contributed by atoms with E-state index in [1.165, 1.54) is 29.8 Å². The van der Waals surface area contributed by atoms with Crippen molar-refractivity contribution in [3.8, 4) is 5.75 Å². The molecule has 1 radical (unpaired) electrons. The van der Waals surface area contributed by atoms with E-state index in [0.717, 1.165) is 0 Å². The van der Waals surface area contributed by atoms with Gasteiger partial charge in [0.2, 0.25) is 5.91 Å². The highest BCUT2D eigenvalue weighted by atomic mass is 16.3. The molecular weight excluding hydrogens is 262 g/mol. The molecule has 0 bridgehead atoms. The molecule has 0 saturated heterocycles. The summed E-state index contributed by atoms with van der Waals surface area (Å²) in [6.45, 7) is 1.44. The number of phenols is 1. The van der Waals surface area contributed by atoms with Crippen LogP contribution in [0.3, 0.4) is 0 Å². The van der Waals surface area contributed by atoms with Crippen molar-refractivity contribution in [3.63, 3.8) is 0 Å². The van der Waals surface area contributed by atoms with Crippen LogP contribution in [-0.4, -0.2) is 11.0 Å². The number of hydrogen-bond acceptors (Lipinski definition) is 2. The lowest BCUT2D eigenvalue weighted by Gasteiger charge is -1.99. The number of carbonyl (C=O) groups is 1. The van der Waals surface area contributed by atoms with Crippen LogP contribution in [0.5, 0.6) is 5.75 Å². The third-order valence-electron chi connectivity index (χ3n) is 2.76. The van der Waals surface area contributed by atoms with Crippen LogP contribution in [0.15, 0.2) is 66.7 Å². The van der Waals surface area contributed by atoms with Crippen LogP contribution in [0.2, 0.25) is 0 Å². The molecule has 3 aromatic rings. The maximum atomic E-state index is 10.5. The molecule has 0 unspecified atom stereocenters. The smallest absolute Gasteiger partial charge is 0.221 e. The average Bonchev–Trinajstić information content (AvgIpc) is 2.50. The fraction of sp³-hybridized carbons (Fsp3) is 0.0556. The summed E-state index contributed by atoms with van der Waals surface area (Å²) in [7, 11) is 0. The normalized spacial score (nSPS) is 9.57.